The van der Waals surface area contributed by atoms with Crippen molar-refractivity contribution in [3.05, 3.63) is 71.1 Å². The second kappa shape index (κ2) is 11.0. The molecule has 2 N–H and O–H groups in total. The van der Waals surface area contributed by atoms with E-state index in [1.165, 1.54) is 0 Å². The van der Waals surface area contributed by atoms with Crippen LogP contribution in [0.25, 0.3) is 0 Å². The number of amides is 1. The Morgan fingerprint density at radius 3 is 2.26 bits per heavy atom. The molecule has 8 nitrogen and oxygen atoms in total. The molecule has 3 rings (SSSR count). The lowest BCUT2D eigenvalue weighted by molar-refractivity contribution is -0.274. The highest BCUT2D eigenvalue weighted by atomic mass is 19.4. The number of anilines is 1. The number of methoxy groups -OCH3 is 1. The molecular formula is C23H14F8N2O6. The van der Waals surface area contributed by atoms with Gasteiger partial charge >= 0.3 is 18.5 Å². The van der Waals surface area contributed by atoms with Gasteiger partial charge < -0.3 is 24.6 Å². The van der Waals surface area contributed by atoms with Crippen molar-refractivity contribution in [1.29, 1.82) is 0 Å². The van der Waals surface area contributed by atoms with Crippen molar-refractivity contribution >= 4 is 17.6 Å². The minimum atomic E-state index is -5.35. The molecular weight excluding hydrogens is 552 g/mol. The average Bonchev–Trinajstić information content (AvgIpc) is 2.80. The van der Waals surface area contributed by atoms with Crippen LogP contribution in [-0.4, -0.2) is 35.4 Å². The van der Waals surface area contributed by atoms with Crippen LogP contribution in [0.2, 0.25) is 0 Å². The van der Waals surface area contributed by atoms with E-state index in [0.29, 0.717) is 12.3 Å². The topological polar surface area (TPSA) is 107 Å². The molecule has 3 aromatic rings. The highest BCUT2D eigenvalue weighted by molar-refractivity contribution is 6.06. The van der Waals surface area contributed by atoms with Gasteiger partial charge in [-0.2, -0.15) is 13.2 Å². The van der Waals surface area contributed by atoms with Crippen molar-refractivity contribution in [2.24, 2.45) is 0 Å². The molecule has 208 valence electrons. The van der Waals surface area contributed by atoms with Gasteiger partial charge in [0.05, 0.1) is 19.7 Å². The van der Waals surface area contributed by atoms with E-state index in [2.05, 4.69) is 9.72 Å². The summed E-state index contributed by atoms with van der Waals surface area (Å²) < 4.78 is 120. The third-order valence-electron chi connectivity index (χ3n) is 4.71. The third kappa shape index (κ3) is 7.24. The minimum Gasteiger partial charge on any atom is -0.493 e. The molecule has 2 aromatic carbocycles. The number of hydrogen-bond acceptors (Lipinski definition) is 6. The Morgan fingerprint density at radius 1 is 0.974 bits per heavy atom. The molecule has 1 heterocycles. The lowest BCUT2D eigenvalue weighted by Crippen LogP contribution is -2.20. The summed E-state index contributed by atoms with van der Waals surface area (Å²) in [6.45, 7) is 0. The van der Waals surface area contributed by atoms with E-state index in [-0.39, 0.29) is 5.69 Å². The predicted octanol–water partition coefficient (Wildman–Crippen LogP) is 5.96. The Bertz CT molecular complexity index is 1410. The number of rotatable bonds is 8. The van der Waals surface area contributed by atoms with E-state index in [1.54, 1.807) is 0 Å². The van der Waals surface area contributed by atoms with E-state index >= 15 is 0 Å². The zero-order chi connectivity index (χ0) is 29.1. The number of carbonyl (C=O) groups excluding carboxylic acids is 1. The van der Waals surface area contributed by atoms with E-state index < -0.39 is 82.3 Å². The van der Waals surface area contributed by atoms with Gasteiger partial charge in [-0.05, 0) is 30.3 Å². The Hall–Kier alpha value is -4.63. The van der Waals surface area contributed by atoms with Gasteiger partial charge in [0.2, 0.25) is 0 Å². The van der Waals surface area contributed by atoms with Crippen LogP contribution in [0.15, 0.2) is 42.6 Å². The SMILES string of the molecule is COc1cc(OC(F)(F)F)ccc1Oc1cnc(C(F)(F)F)c(F)c1C(=O)Nc1ccc(F)c(CC(=O)O)c1. The minimum absolute atomic E-state index is 0.306. The molecule has 0 aliphatic rings. The number of aliphatic carboxylic acids is 1. The van der Waals surface area contributed by atoms with Gasteiger partial charge in [0.25, 0.3) is 5.91 Å². The van der Waals surface area contributed by atoms with Crippen LogP contribution in [0.3, 0.4) is 0 Å². The van der Waals surface area contributed by atoms with E-state index in [0.717, 1.165) is 37.4 Å². The average molecular weight is 566 g/mol. The maximum atomic E-state index is 15.0. The maximum Gasteiger partial charge on any atom is 0.573 e. The summed E-state index contributed by atoms with van der Waals surface area (Å²) in [5, 5.41) is 10.9. The van der Waals surface area contributed by atoms with Crippen molar-refractivity contribution < 1.29 is 64.0 Å². The third-order valence-corrected chi connectivity index (χ3v) is 4.71. The summed E-state index contributed by atoms with van der Waals surface area (Å²) in [6, 6.07) is 4.87. The first-order valence-corrected chi connectivity index (χ1v) is 10.3. The zero-order valence-corrected chi connectivity index (χ0v) is 19.2. The van der Waals surface area contributed by atoms with Gasteiger partial charge in [-0.15, -0.1) is 13.2 Å². The molecule has 16 heteroatoms. The largest absolute Gasteiger partial charge is 0.573 e. The Balaban J connectivity index is 2.05. The number of aromatic nitrogens is 1. The van der Waals surface area contributed by atoms with Crippen LogP contribution in [0.1, 0.15) is 21.6 Å². The number of carboxylic acids is 1. The highest BCUT2D eigenvalue weighted by Crippen LogP contribution is 2.40. The van der Waals surface area contributed by atoms with Crippen LogP contribution in [0.5, 0.6) is 23.0 Å². The number of ether oxygens (including phenoxy) is 3. The molecule has 0 atom stereocenters. The highest BCUT2D eigenvalue weighted by Gasteiger charge is 2.39. The summed E-state index contributed by atoms with van der Waals surface area (Å²) in [6.07, 6.45) is -10.9. The van der Waals surface area contributed by atoms with Gasteiger partial charge in [-0.3, -0.25) is 9.59 Å². The van der Waals surface area contributed by atoms with Crippen LogP contribution < -0.4 is 19.5 Å². The second-order valence-corrected chi connectivity index (χ2v) is 7.45. The number of benzene rings is 2. The number of halogens is 8. The molecule has 0 saturated heterocycles. The quantitative estimate of drug-likeness (QED) is 0.324. The lowest BCUT2D eigenvalue weighted by atomic mass is 10.1. The van der Waals surface area contributed by atoms with Crippen molar-refractivity contribution in [2.45, 2.75) is 19.0 Å². The first-order chi connectivity index (χ1) is 18.1. The van der Waals surface area contributed by atoms with Gasteiger partial charge in [0, 0.05) is 17.3 Å². The van der Waals surface area contributed by atoms with Crippen LogP contribution in [0.4, 0.5) is 40.8 Å². The molecule has 0 fully saturated rings. The first kappa shape index (κ1) is 28.9. The summed E-state index contributed by atoms with van der Waals surface area (Å²) in [4.78, 5) is 26.7. The van der Waals surface area contributed by atoms with Crippen molar-refractivity contribution in [3.8, 4) is 23.0 Å². The summed E-state index contributed by atoms with van der Waals surface area (Å²) in [5.41, 5.74) is -4.13. The number of carboxylic acid groups (broad SMARTS) is 1. The molecule has 0 radical (unpaired) electrons. The molecule has 0 spiro atoms. The molecule has 0 aliphatic heterocycles. The van der Waals surface area contributed by atoms with Crippen LogP contribution >= 0.6 is 0 Å². The number of pyridine rings is 1. The van der Waals surface area contributed by atoms with Gasteiger partial charge in [-0.25, -0.2) is 13.8 Å². The Labute approximate surface area is 212 Å². The number of nitrogens with zero attached hydrogens (tertiary/aromatic N) is 1. The normalized spacial score (nSPS) is 11.6. The molecule has 0 aliphatic carbocycles. The standard InChI is InChI=1S/C23H14F8N2O6/c1-37-15-8-12(39-23(29,30)31)3-5-14(15)38-16-9-32-20(22(26,27)28)19(25)18(16)21(36)33-11-2-4-13(24)10(6-11)7-17(34)35/h2-6,8-9H,7H2,1H3,(H,33,36)(H,34,35). The molecule has 1 aromatic heterocycles. The fourth-order valence-corrected chi connectivity index (χ4v) is 3.15. The summed E-state index contributed by atoms with van der Waals surface area (Å²) in [7, 11) is 1.00. The monoisotopic (exact) mass is 566 g/mol. The van der Waals surface area contributed by atoms with Gasteiger partial charge in [0.15, 0.2) is 28.8 Å². The molecule has 0 saturated carbocycles. The van der Waals surface area contributed by atoms with E-state index in [9.17, 15) is 44.7 Å². The van der Waals surface area contributed by atoms with Crippen LogP contribution in [0, 0.1) is 11.6 Å². The smallest absolute Gasteiger partial charge is 0.493 e. The van der Waals surface area contributed by atoms with E-state index in [1.807, 2.05) is 5.32 Å². The van der Waals surface area contributed by atoms with Crippen molar-refractivity contribution in [3.63, 3.8) is 0 Å². The number of nitrogens with one attached hydrogen (secondary N) is 1. The number of alkyl halides is 6. The second-order valence-electron chi connectivity index (χ2n) is 7.45. The lowest BCUT2D eigenvalue weighted by Gasteiger charge is -2.17. The fraction of sp³-hybridized carbons (Fsp3) is 0.174. The molecule has 0 bridgehead atoms. The molecule has 39 heavy (non-hydrogen) atoms. The predicted molar refractivity (Wildman–Crippen MR) is 115 cm³/mol. The Kier molecular flexibility index (Phi) is 8.16. The molecule has 1 amide bonds. The number of carbonyl (C=O) groups is 2. The summed E-state index contributed by atoms with van der Waals surface area (Å²) >= 11 is 0. The van der Waals surface area contributed by atoms with Crippen molar-refractivity contribution in [1.82, 2.24) is 4.98 Å². The zero-order valence-electron chi connectivity index (χ0n) is 19.2. The van der Waals surface area contributed by atoms with Crippen LogP contribution in [-0.2, 0) is 17.4 Å². The van der Waals surface area contributed by atoms with Gasteiger partial charge in [0.1, 0.15) is 17.1 Å². The molecule has 0 unspecified atom stereocenters. The number of hydrogen-bond donors (Lipinski definition) is 2. The fourth-order valence-electron chi connectivity index (χ4n) is 3.15. The van der Waals surface area contributed by atoms with Crippen molar-refractivity contribution in [2.75, 3.05) is 12.4 Å². The van der Waals surface area contributed by atoms with E-state index in [4.69, 9.17) is 14.6 Å². The Morgan fingerprint density at radius 2 is 1.67 bits per heavy atom. The first-order valence-electron chi connectivity index (χ1n) is 10.3. The maximum absolute atomic E-state index is 15.0. The summed E-state index contributed by atoms with van der Waals surface area (Å²) in [5.74, 6) is -8.67. The van der Waals surface area contributed by atoms with Gasteiger partial charge in [-0.1, -0.05) is 0 Å².